The molecule has 1 aromatic carbocycles. The zero-order valence-electron chi connectivity index (χ0n) is 12.7. The van der Waals surface area contributed by atoms with Gasteiger partial charge in [-0.05, 0) is 37.1 Å². The Morgan fingerprint density at radius 1 is 1.24 bits per heavy atom. The van der Waals surface area contributed by atoms with Crippen LogP contribution in [0.3, 0.4) is 0 Å². The second-order valence-corrected chi connectivity index (χ2v) is 4.88. The highest BCUT2D eigenvalue weighted by atomic mass is 16.5. The molecule has 0 aliphatic heterocycles. The third-order valence-electron chi connectivity index (χ3n) is 3.30. The molecule has 1 heterocycles. The summed E-state index contributed by atoms with van der Waals surface area (Å²) in [6.07, 6.45) is 1.63. The summed E-state index contributed by atoms with van der Waals surface area (Å²) in [7, 11) is 1.79. The lowest BCUT2D eigenvalue weighted by Gasteiger charge is -2.19. The maximum Gasteiger partial charge on any atom is 0.259 e. The van der Waals surface area contributed by atoms with Crippen molar-refractivity contribution in [3.05, 3.63) is 59.3 Å². The van der Waals surface area contributed by atoms with Crippen LogP contribution in [0, 0.1) is 6.92 Å². The summed E-state index contributed by atoms with van der Waals surface area (Å²) in [5, 5.41) is 0. The van der Waals surface area contributed by atoms with Gasteiger partial charge in [0.1, 0.15) is 5.56 Å². The number of aromatic nitrogens is 1. The van der Waals surface area contributed by atoms with Crippen molar-refractivity contribution in [3.8, 4) is 5.88 Å². The monoisotopic (exact) mass is 284 g/mol. The van der Waals surface area contributed by atoms with Crippen molar-refractivity contribution >= 4 is 5.91 Å². The number of benzene rings is 1. The summed E-state index contributed by atoms with van der Waals surface area (Å²) in [6.45, 7) is 4.97. The van der Waals surface area contributed by atoms with E-state index >= 15 is 0 Å². The molecule has 2 aromatic rings. The third-order valence-corrected chi connectivity index (χ3v) is 3.30. The molecule has 0 N–H and O–H groups in total. The Morgan fingerprint density at radius 2 is 2.00 bits per heavy atom. The Morgan fingerprint density at radius 3 is 2.71 bits per heavy atom. The van der Waals surface area contributed by atoms with Crippen molar-refractivity contribution in [2.75, 3.05) is 13.7 Å². The minimum absolute atomic E-state index is 0.0881. The largest absolute Gasteiger partial charge is 0.477 e. The van der Waals surface area contributed by atoms with Gasteiger partial charge in [0.15, 0.2) is 0 Å². The molecule has 4 heteroatoms. The van der Waals surface area contributed by atoms with Crippen LogP contribution in [0.2, 0.25) is 0 Å². The zero-order chi connectivity index (χ0) is 15.2. The summed E-state index contributed by atoms with van der Waals surface area (Å²) in [5.41, 5.74) is 2.80. The fourth-order valence-electron chi connectivity index (χ4n) is 2.13. The highest BCUT2D eigenvalue weighted by molar-refractivity contribution is 5.96. The molecule has 1 amide bonds. The number of carbonyl (C=O) groups is 1. The number of aryl methyl sites for hydroxylation is 1. The van der Waals surface area contributed by atoms with E-state index in [2.05, 4.69) is 4.98 Å². The van der Waals surface area contributed by atoms with Gasteiger partial charge in [0.05, 0.1) is 6.61 Å². The van der Waals surface area contributed by atoms with Gasteiger partial charge in [-0.1, -0.05) is 24.3 Å². The summed E-state index contributed by atoms with van der Waals surface area (Å²) < 4.78 is 5.42. The Bertz CT molecular complexity index is 626. The standard InChI is InChI=1S/C17H20N2O2/c1-4-21-16-15(10-7-11-18-16)17(20)19(3)12-14-9-6-5-8-13(14)2/h5-11H,4,12H2,1-3H3. The fraction of sp³-hybridized carbons (Fsp3) is 0.294. The number of carbonyl (C=O) groups excluding carboxylic acids is 1. The average Bonchev–Trinajstić information content (AvgIpc) is 2.50. The maximum atomic E-state index is 12.6. The summed E-state index contributed by atoms with van der Waals surface area (Å²) in [5.74, 6) is 0.302. The predicted octanol–water partition coefficient (Wildman–Crippen LogP) is 3.06. The average molecular weight is 284 g/mol. The molecule has 0 radical (unpaired) electrons. The van der Waals surface area contributed by atoms with Crippen LogP contribution < -0.4 is 4.74 Å². The first kappa shape index (κ1) is 15.0. The number of rotatable bonds is 5. The number of nitrogens with zero attached hydrogens (tertiary/aromatic N) is 2. The van der Waals surface area contributed by atoms with E-state index in [-0.39, 0.29) is 5.91 Å². The second kappa shape index (κ2) is 6.88. The van der Waals surface area contributed by atoms with E-state index in [1.54, 1.807) is 30.3 Å². The molecule has 2 rings (SSSR count). The van der Waals surface area contributed by atoms with Crippen LogP contribution in [0.4, 0.5) is 0 Å². The number of pyridine rings is 1. The van der Waals surface area contributed by atoms with Crippen molar-refractivity contribution in [3.63, 3.8) is 0 Å². The van der Waals surface area contributed by atoms with E-state index in [0.29, 0.717) is 24.6 Å². The summed E-state index contributed by atoms with van der Waals surface area (Å²) >= 11 is 0. The molecule has 0 saturated heterocycles. The van der Waals surface area contributed by atoms with Crippen LogP contribution >= 0.6 is 0 Å². The zero-order valence-corrected chi connectivity index (χ0v) is 12.7. The molecule has 0 spiro atoms. The van der Waals surface area contributed by atoms with Crippen LogP contribution in [0.1, 0.15) is 28.4 Å². The lowest BCUT2D eigenvalue weighted by molar-refractivity contribution is 0.0779. The van der Waals surface area contributed by atoms with Gasteiger partial charge in [-0.15, -0.1) is 0 Å². The second-order valence-electron chi connectivity index (χ2n) is 4.88. The predicted molar refractivity (Wildman–Crippen MR) is 82.4 cm³/mol. The van der Waals surface area contributed by atoms with Gasteiger partial charge in [-0.25, -0.2) is 4.98 Å². The fourth-order valence-corrected chi connectivity index (χ4v) is 2.13. The Labute approximate surface area is 125 Å². The molecule has 0 atom stereocenters. The first-order valence-electron chi connectivity index (χ1n) is 7.01. The van der Waals surface area contributed by atoms with Crippen LogP contribution in [0.25, 0.3) is 0 Å². The molecular weight excluding hydrogens is 264 g/mol. The Balaban J connectivity index is 2.18. The summed E-state index contributed by atoms with van der Waals surface area (Å²) in [6, 6.07) is 11.5. The van der Waals surface area contributed by atoms with Crippen LogP contribution in [0.5, 0.6) is 5.88 Å². The van der Waals surface area contributed by atoms with Gasteiger partial charge in [0, 0.05) is 19.8 Å². The molecule has 0 bridgehead atoms. The smallest absolute Gasteiger partial charge is 0.259 e. The number of ether oxygens (including phenoxy) is 1. The first-order chi connectivity index (χ1) is 10.1. The van der Waals surface area contributed by atoms with Crippen LogP contribution in [-0.2, 0) is 6.54 Å². The Hall–Kier alpha value is -2.36. The van der Waals surface area contributed by atoms with E-state index in [9.17, 15) is 4.79 Å². The molecule has 0 unspecified atom stereocenters. The normalized spacial score (nSPS) is 10.2. The molecule has 0 fully saturated rings. The van der Waals surface area contributed by atoms with Gasteiger partial charge < -0.3 is 9.64 Å². The lowest BCUT2D eigenvalue weighted by atomic mass is 10.1. The SMILES string of the molecule is CCOc1ncccc1C(=O)N(C)Cc1ccccc1C. The molecular formula is C17H20N2O2. The molecule has 0 aliphatic carbocycles. The number of amides is 1. The van der Waals surface area contributed by atoms with Gasteiger partial charge >= 0.3 is 0 Å². The number of hydrogen-bond acceptors (Lipinski definition) is 3. The van der Waals surface area contributed by atoms with Crippen molar-refractivity contribution in [1.82, 2.24) is 9.88 Å². The third kappa shape index (κ3) is 3.60. The maximum absolute atomic E-state index is 12.6. The van der Waals surface area contributed by atoms with Crippen LogP contribution in [-0.4, -0.2) is 29.4 Å². The van der Waals surface area contributed by atoms with Crippen molar-refractivity contribution < 1.29 is 9.53 Å². The van der Waals surface area contributed by atoms with E-state index in [4.69, 9.17) is 4.74 Å². The Kier molecular flexibility index (Phi) is 4.93. The van der Waals surface area contributed by atoms with Gasteiger partial charge in [0.2, 0.25) is 5.88 Å². The molecule has 110 valence electrons. The van der Waals surface area contributed by atoms with Gasteiger partial charge in [0.25, 0.3) is 5.91 Å². The highest BCUT2D eigenvalue weighted by Crippen LogP contribution is 2.18. The minimum atomic E-state index is -0.0881. The number of hydrogen-bond donors (Lipinski definition) is 0. The van der Waals surface area contributed by atoms with E-state index in [0.717, 1.165) is 5.56 Å². The summed E-state index contributed by atoms with van der Waals surface area (Å²) in [4.78, 5) is 18.4. The van der Waals surface area contributed by atoms with Gasteiger partial charge in [-0.3, -0.25) is 4.79 Å². The van der Waals surface area contributed by atoms with E-state index < -0.39 is 0 Å². The lowest BCUT2D eigenvalue weighted by Crippen LogP contribution is -2.27. The molecule has 0 aliphatic rings. The van der Waals surface area contributed by atoms with E-state index in [1.807, 2.05) is 38.1 Å². The van der Waals surface area contributed by atoms with Crippen molar-refractivity contribution in [2.45, 2.75) is 20.4 Å². The van der Waals surface area contributed by atoms with Crippen LogP contribution in [0.15, 0.2) is 42.6 Å². The van der Waals surface area contributed by atoms with Crippen molar-refractivity contribution in [2.24, 2.45) is 0 Å². The highest BCUT2D eigenvalue weighted by Gasteiger charge is 2.18. The molecule has 4 nitrogen and oxygen atoms in total. The molecule has 21 heavy (non-hydrogen) atoms. The van der Waals surface area contributed by atoms with E-state index in [1.165, 1.54) is 5.56 Å². The topological polar surface area (TPSA) is 42.4 Å². The minimum Gasteiger partial charge on any atom is -0.477 e. The molecule has 1 aromatic heterocycles. The molecule has 0 saturated carbocycles. The quantitative estimate of drug-likeness (QED) is 0.847. The van der Waals surface area contributed by atoms with Gasteiger partial charge in [-0.2, -0.15) is 0 Å². The first-order valence-corrected chi connectivity index (χ1v) is 7.01. The van der Waals surface area contributed by atoms with Crippen molar-refractivity contribution in [1.29, 1.82) is 0 Å².